The summed E-state index contributed by atoms with van der Waals surface area (Å²) in [5, 5.41) is 0. The lowest BCUT2D eigenvalue weighted by Crippen LogP contribution is -2.40. The fourth-order valence-electron chi connectivity index (χ4n) is 4.20. The molecule has 0 radical (unpaired) electrons. The lowest BCUT2D eigenvalue weighted by Gasteiger charge is -2.40. The van der Waals surface area contributed by atoms with E-state index < -0.39 is 0 Å². The maximum atomic E-state index is 12.2. The molecule has 0 aromatic heterocycles. The first-order chi connectivity index (χ1) is 9.63. The van der Waals surface area contributed by atoms with E-state index in [1.54, 1.807) is 0 Å². The summed E-state index contributed by atoms with van der Waals surface area (Å²) in [4.78, 5) is 24.1. The Bertz CT molecular complexity index is 477. The normalized spacial score (nSPS) is 41.0. The minimum atomic E-state index is -0.318. The van der Waals surface area contributed by atoms with E-state index in [0.29, 0.717) is 12.3 Å². The molecule has 0 amide bonds. The molecule has 3 aliphatic rings. The number of esters is 2. The van der Waals surface area contributed by atoms with Crippen LogP contribution >= 0.6 is 0 Å². The Labute approximate surface area is 120 Å². The van der Waals surface area contributed by atoms with E-state index in [1.165, 1.54) is 6.42 Å². The molecule has 1 saturated heterocycles. The average molecular weight is 274 g/mol. The van der Waals surface area contributed by atoms with Crippen molar-refractivity contribution in [2.75, 3.05) is 0 Å². The van der Waals surface area contributed by atoms with Crippen LogP contribution < -0.4 is 0 Å². The second-order valence-corrected chi connectivity index (χ2v) is 6.58. The molecule has 0 spiro atoms. The Morgan fingerprint density at radius 3 is 2.75 bits per heavy atom. The van der Waals surface area contributed by atoms with Crippen molar-refractivity contribution in [1.29, 1.82) is 0 Å². The molecule has 0 N–H and O–H groups in total. The third kappa shape index (κ3) is 2.13. The number of fused-ring (bicyclic) bond motifs is 1. The van der Waals surface area contributed by atoms with Gasteiger partial charge in [-0.15, -0.1) is 0 Å². The minimum Gasteiger partial charge on any atom is -0.393 e. The van der Waals surface area contributed by atoms with Gasteiger partial charge in [-0.05, 0) is 49.9 Å². The van der Waals surface area contributed by atoms with Crippen molar-refractivity contribution in [3.8, 4) is 0 Å². The van der Waals surface area contributed by atoms with Crippen molar-refractivity contribution in [1.82, 2.24) is 0 Å². The lowest BCUT2D eigenvalue weighted by atomic mass is 9.61. The van der Waals surface area contributed by atoms with E-state index in [0.717, 1.165) is 25.7 Å². The van der Waals surface area contributed by atoms with Crippen LogP contribution in [0, 0.1) is 23.2 Å². The number of carbonyl (C=O) groups is 2. The largest absolute Gasteiger partial charge is 0.393 e. The molecule has 3 rings (SSSR count). The van der Waals surface area contributed by atoms with E-state index in [9.17, 15) is 9.59 Å². The van der Waals surface area contributed by atoms with Crippen molar-refractivity contribution in [2.45, 2.75) is 45.4 Å². The molecule has 4 unspecified atom stereocenters. The number of hydrogen-bond donors (Lipinski definition) is 0. The van der Waals surface area contributed by atoms with Crippen LogP contribution in [-0.4, -0.2) is 11.9 Å². The van der Waals surface area contributed by atoms with Gasteiger partial charge in [0.05, 0.1) is 11.8 Å². The highest BCUT2D eigenvalue weighted by Crippen LogP contribution is 2.52. The van der Waals surface area contributed by atoms with Gasteiger partial charge in [-0.25, -0.2) is 0 Å². The van der Waals surface area contributed by atoms with Gasteiger partial charge in [-0.2, -0.15) is 0 Å². The average Bonchev–Trinajstić information content (AvgIpc) is 2.67. The molecule has 1 fully saturated rings. The fourth-order valence-corrected chi connectivity index (χ4v) is 4.20. The van der Waals surface area contributed by atoms with E-state index in [2.05, 4.69) is 31.2 Å². The molecule has 0 aromatic rings. The standard InChI is InChI=1S/C17H22O3/c1-17(12-8-4-2-3-5-9-12)11-7-6-10-13-14(17)16(19)20-15(13)18/h2,4,6-7,12-14H,3,5,8-11H2,1H3. The van der Waals surface area contributed by atoms with E-state index in [4.69, 9.17) is 4.74 Å². The predicted octanol–water partition coefficient (Wildman–Crippen LogP) is 3.40. The Morgan fingerprint density at radius 2 is 1.90 bits per heavy atom. The molecular weight excluding hydrogens is 252 g/mol. The molecule has 1 aliphatic heterocycles. The summed E-state index contributed by atoms with van der Waals surface area (Å²) in [5.74, 6) is -0.684. The third-order valence-electron chi connectivity index (χ3n) is 5.43. The van der Waals surface area contributed by atoms with E-state index >= 15 is 0 Å². The fraction of sp³-hybridized carbons (Fsp3) is 0.647. The highest BCUT2D eigenvalue weighted by Gasteiger charge is 2.55. The highest BCUT2D eigenvalue weighted by molar-refractivity contribution is 5.97. The Kier molecular flexibility index (Phi) is 3.53. The summed E-state index contributed by atoms with van der Waals surface area (Å²) in [7, 11) is 0. The van der Waals surface area contributed by atoms with Crippen LogP contribution in [0.3, 0.4) is 0 Å². The Hall–Kier alpha value is -1.38. The van der Waals surface area contributed by atoms with Gasteiger partial charge in [0.25, 0.3) is 0 Å². The molecule has 0 bridgehead atoms. The summed E-state index contributed by atoms with van der Waals surface area (Å²) in [6.07, 6.45) is 14.6. The summed E-state index contributed by atoms with van der Waals surface area (Å²) in [6.45, 7) is 2.18. The molecule has 3 heteroatoms. The molecule has 0 saturated carbocycles. The summed E-state index contributed by atoms with van der Waals surface area (Å²) < 4.78 is 4.95. The molecule has 108 valence electrons. The first kappa shape index (κ1) is 13.6. The van der Waals surface area contributed by atoms with Crippen LogP contribution in [-0.2, 0) is 14.3 Å². The Morgan fingerprint density at radius 1 is 1.10 bits per heavy atom. The summed E-state index contributed by atoms with van der Waals surface area (Å²) in [5.41, 5.74) is -0.157. The monoisotopic (exact) mass is 274 g/mol. The van der Waals surface area contributed by atoms with Crippen LogP contribution in [0.5, 0.6) is 0 Å². The van der Waals surface area contributed by atoms with Gasteiger partial charge >= 0.3 is 11.9 Å². The van der Waals surface area contributed by atoms with Crippen molar-refractivity contribution >= 4 is 11.9 Å². The van der Waals surface area contributed by atoms with Gasteiger partial charge in [0, 0.05) is 0 Å². The molecule has 3 nitrogen and oxygen atoms in total. The lowest BCUT2D eigenvalue weighted by molar-refractivity contribution is -0.155. The van der Waals surface area contributed by atoms with Crippen molar-refractivity contribution in [3.63, 3.8) is 0 Å². The zero-order valence-corrected chi connectivity index (χ0v) is 12.0. The number of carbonyl (C=O) groups excluding carboxylic acids is 2. The molecule has 20 heavy (non-hydrogen) atoms. The predicted molar refractivity (Wildman–Crippen MR) is 75.7 cm³/mol. The maximum Gasteiger partial charge on any atom is 0.318 e. The van der Waals surface area contributed by atoms with Gasteiger partial charge in [0.2, 0.25) is 0 Å². The zero-order valence-electron chi connectivity index (χ0n) is 12.0. The van der Waals surface area contributed by atoms with Crippen LogP contribution in [0.1, 0.15) is 45.4 Å². The molecular formula is C17H22O3. The number of ether oxygens (including phenoxy) is 1. The summed E-state index contributed by atoms with van der Waals surface area (Å²) in [6, 6.07) is 0. The maximum absolute atomic E-state index is 12.2. The van der Waals surface area contributed by atoms with E-state index in [1.807, 2.05) is 0 Å². The molecule has 2 aliphatic carbocycles. The SMILES string of the molecule is CC1(C2CC=CCCC2)CC=CCC2C(=O)OC(=O)C21. The number of cyclic esters (lactones) is 2. The number of allylic oxidation sites excluding steroid dienone is 4. The molecule has 0 aromatic carbocycles. The highest BCUT2D eigenvalue weighted by atomic mass is 16.6. The minimum absolute atomic E-state index is 0.157. The Balaban J connectivity index is 1.95. The summed E-state index contributed by atoms with van der Waals surface area (Å²) >= 11 is 0. The third-order valence-corrected chi connectivity index (χ3v) is 5.43. The first-order valence-corrected chi connectivity index (χ1v) is 7.68. The second kappa shape index (κ2) is 5.19. The van der Waals surface area contributed by atoms with Gasteiger partial charge in [0.1, 0.15) is 0 Å². The topological polar surface area (TPSA) is 43.4 Å². The first-order valence-electron chi connectivity index (χ1n) is 7.68. The van der Waals surface area contributed by atoms with Crippen LogP contribution in [0.4, 0.5) is 0 Å². The molecule has 1 heterocycles. The van der Waals surface area contributed by atoms with Gasteiger partial charge in [-0.3, -0.25) is 9.59 Å². The van der Waals surface area contributed by atoms with Crippen molar-refractivity contribution in [3.05, 3.63) is 24.3 Å². The quantitative estimate of drug-likeness (QED) is 0.418. The van der Waals surface area contributed by atoms with E-state index in [-0.39, 0.29) is 29.2 Å². The number of rotatable bonds is 1. The van der Waals surface area contributed by atoms with Crippen molar-refractivity contribution < 1.29 is 14.3 Å². The smallest absolute Gasteiger partial charge is 0.318 e. The van der Waals surface area contributed by atoms with Gasteiger partial charge < -0.3 is 4.74 Å². The van der Waals surface area contributed by atoms with Gasteiger partial charge in [0.15, 0.2) is 0 Å². The van der Waals surface area contributed by atoms with Crippen LogP contribution in [0.2, 0.25) is 0 Å². The van der Waals surface area contributed by atoms with Crippen LogP contribution in [0.15, 0.2) is 24.3 Å². The number of hydrogen-bond acceptors (Lipinski definition) is 3. The van der Waals surface area contributed by atoms with Crippen LogP contribution in [0.25, 0.3) is 0 Å². The zero-order chi connectivity index (χ0) is 14.2. The van der Waals surface area contributed by atoms with Gasteiger partial charge in [-0.1, -0.05) is 31.2 Å². The van der Waals surface area contributed by atoms with Crippen molar-refractivity contribution in [2.24, 2.45) is 23.2 Å². The second-order valence-electron chi connectivity index (χ2n) is 6.58. The molecule has 4 atom stereocenters.